The third-order valence-corrected chi connectivity index (χ3v) is 5.73. The number of nitrogens with two attached hydrogens (primary N) is 1. The minimum atomic E-state index is -4.10. The van der Waals surface area contributed by atoms with Crippen LogP contribution in [0.5, 0.6) is 5.75 Å². The Balaban J connectivity index is 2.40. The van der Waals surface area contributed by atoms with Crippen molar-refractivity contribution in [3.63, 3.8) is 0 Å². The SMILES string of the molecule is N#CCNC(=O)[C@H](CS(=O)(=O)Cc1ccccc1OC(F)F)c1cnccc1C(N)=O. The van der Waals surface area contributed by atoms with E-state index in [1.807, 2.05) is 0 Å². The number of halogens is 2. The van der Waals surface area contributed by atoms with E-state index in [0.29, 0.717) is 0 Å². The van der Waals surface area contributed by atoms with Crippen LogP contribution >= 0.6 is 0 Å². The van der Waals surface area contributed by atoms with Gasteiger partial charge in [-0.25, -0.2) is 8.42 Å². The fourth-order valence-electron chi connectivity index (χ4n) is 2.85. The molecule has 3 N–H and O–H groups in total. The molecule has 12 heteroatoms. The van der Waals surface area contributed by atoms with Crippen molar-refractivity contribution < 1.29 is 31.5 Å². The molecule has 0 saturated carbocycles. The van der Waals surface area contributed by atoms with Crippen LogP contribution in [-0.4, -0.2) is 44.1 Å². The third kappa shape index (κ3) is 6.71. The molecular weight excluding hydrogens is 434 g/mol. The second-order valence-electron chi connectivity index (χ2n) is 6.30. The van der Waals surface area contributed by atoms with E-state index in [1.165, 1.54) is 36.5 Å². The number of amides is 2. The zero-order valence-electron chi connectivity index (χ0n) is 16.0. The topological polar surface area (TPSA) is 152 Å². The Bertz CT molecular complexity index is 1100. The summed E-state index contributed by atoms with van der Waals surface area (Å²) in [5, 5.41) is 10.9. The number of ether oxygens (including phenoxy) is 1. The Labute approximate surface area is 176 Å². The number of primary amides is 1. The summed E-state index contributed by atoms with van der Waals surface area (Å²) in [5.41, 5.74) is 5.15. The van der Waals surface area contributed by atoms with E-state index in [9.17, 15) is 26.8 Å². The number of benzene rings is 1. The Morgan fingerprint density at radius 2 is 1.97 bits per heavy atom. The molecule has 1 heterocycles. The van der Waals surface area contributed by atoms with Gasteiger partial charge in [-0.1, -0.05) is 18.2 Å². The predicted molar refractivity (Wildman–Crippen MR) is 105 cm³/mol. The van der Waals surface area contributed by atoms with Crippen LogP contribution in [0.3, 0.4) is 0 Å². The smallest absolute Gasteiger partial charge is 0.387 e. The Kier molecular flexibility index (Phi) is 7.98. The number of nitrogens with one attached hydrogen (secondary N) is 1. The lowest BCUT2D eigenvalue weighted by atomic mass is 9.96. The maximum Gasteiger partial charge on any atom is 0.387 e. The molecular formula is C19H18F2N4O5S. The highest BCUT2D eigenvalue weighted by Crippen LogP contribution is 2.26. The molecule has 2 aromatic rings. The summed E-state index contributed by atoms with van der Waals surface area (Å²) in [4.78, 5) is 28.2. The molecule has 164 valence electrons. The molecule has 0 aliphatic carbocycles. The number of nitrogens with zero attached hydrogens (tertiary/aromatic N) is 2. The van der Waals surface area contributed by atoms with Crippen molar-refractivity contribution in [2.45, 2.75) is 18.3 Å². The molecule has 2 amide bonds. The highest BCUT2D eigenvalue weighted by molar-refractivity contribution is 7.90. The zero-order chi connectivity index (χ0) is 23.0. The van der Waals surface area contributed by atoms with Crippen LogP contribution in [-0.2, 0) is 20.4 Å². The Morgan fingerprint density at radius 3 is 2.61 bits per heavy atom. The largest absolute Gasteiger partial charge is 0.435 e. The first-order chi connectivity index (χ1) is 14.6. The first kappa shape index (κ1) is 23.7. The number of carbonyl (C=O) groups excluding carboxylic acids is 2. The van der Waals surface area contributed by atoms with Gasteiger partial charge >= 0.3 is 6.61 Å². The van der Waals surface area contributed by atoms with Crippen LogP contribution in [0, 0.1) is 11.3 Å². The lowest BCUT2D eigenvalue weighted by molar-refractivity contribution is -0.121. The molecule has 0 spiro atoms. The van der Waals surface area contributed by atoms with E-state index >= 15 is 0 Å². The molecule has 1 atom stereocenters. The fraction of sp³-hybridized carbons (Fsp3) is 0.263. The zero-order valence-corrected chi connectivity index (χ0v) is 16.8. The van der Waals surface area contributed by atoms with Crippen LogP contribution in [0.25, 0.3) is 0 Å². The van der Waals surface area contributed by atoms with Gasteiger partial charge in [-0.05, 0) is 17.7 Å². The highest BCUT2D eigenvalue weighted by Gasteiger charge is 2.31. The van der Waals surface area contributed by atoms with Crippen molar-refractivity contribution in [2.75, 3.05) is 12.3 Å². The van der Waals surface area contributed by atoms with Gasteiger partial charge in [0.2, 0.25) is 11.8 Å². The van der Waals surface area contributed by atoms with Crippen molar-refractivity contribution in [2.24, 2.45) is 5.73 Å². The number of alkyl halides is 2. The molecule has 0 saturated heterocycles. The van der Waals surface area contributed by atoms with Crippen molar-refractivity contribution in [3.05, 3.63) is 59.4 Å². The fourth-order valence-corrected chi connectivity index (χ4v) is 4.52. The van der Waals surface area contributed by atoms with Gasteiger partial charge in [-0.3, -0.25) is 14.6 Å². The summed E-state index contributed by atoms with van der Waals surface area (Å²) in [6.07, 6.45) is 2.39. The number of sulfone groups is 1. The molecule has 0 unspecified atom stereocenters. The van der Waals surface area contributed by atoms with Crippen molar-refractivity contribution in [1.29, 1.82) is 5.26 Å². The van der Waals surface area contributed by atoms with Gasteiger partial charge in [-0.15, -0.1) is 0 Å². The number of para-hydroxylation sites is 1. The number of hydrogen-bond acceptors (Lipinski definition) is 7. The van der Waals surface area contributed by atoms with E-state index in [4.69, 9.17) is 11.0 Å². The quantitative estimate of drug-likeness (QED) is 0.512. The minimum Gasteiger partial charge on any atom is -0.435 e. The molecule has 2 rings (SSSR count). The first-order valence-corrected chi connectivity index (χ1v) is 10.6. The maximum absolute atomic E-state index is 12.9. The van der Waals surface area contributed by atoms with Crippen molar-refractivity contribution in [1.82, 2.24) is 10.3 Å². The van der Waals surface area contributed by atoms with Gasteiger partial charge in [-0.2, -0.15) is 14.0 Å². The van der Waals surface area contributed by atoms with E-state index in [-0.39, 0.29) is 22.4 Å². The number of pyridine rings is 1. The third-order valence-electron chi connectivity index (χ3n) is 4.14. The van der Waals surface area contributed by atoms with E-state index in [1.54, 1.807) is 6.07 Å². The molecule has 0 aliphatic rings. The Morgan fingerprint density at radius 1 is 1.26 bits per heavy atom. The van der Waals surface area contributed by atoms with E-state index < -0.39 is 52.2 Å². The molecule has 1 aromatic carbocycles. The van der Waals surface area contributed by atoms with Gasteiger partial charge in [0.25, 0.3) is 0 Å². The first-order valence-electron chi connectivity index (χ1n) is 8.76. The van der Waals surface area contributed by atoms with Crippen molar-refractivity contribution >= 4 is 21.7 Å². The van der Waals surface area contributed by atoms with Gasteiger partial charge in [0, 0.05) is 23.5 Å². The number of hydrogen-bond donors (Lipinski definition) is 2. The Hall–Kier alpha value is -3.59. The van der Waals surface area contributed by atoms with E-state index in [0.717, 1.165) is 6.20 Å². The van der Waals surface area contributed by atoms with Crippen LogP contribution in [0.4, 0.5) is 8.78 Å². The second-order valence-corrected chi connectivity index (χ2v) is 8.41. The average Bonchev–Trinajstić information content (AvgIpc) is 2.71. The van der Waals surface area contributed by atoms with Crippen LogP contribution in [0.15, 0.2) is 42.7 Å². The monoisotopic (exact) mass is 452 g/mol. The van der Waals surface area contributed by atoms with Gasteiger partial charge in [0.05, 0.1) is 23.5 Å². The molecule has 0 radical (unpaired) electrons. The average molecular weight is 452 g/mol. The highest BCUT2D eigenvalue weighted by atomic mass is 32.2. The summed E-state index contributed by atoms with van der Waals surface area (Å²) >= 11 is 0. The molecule has 0 aliphatic heterocycles. The van der Waals surface area contributed by atoms with Gasteiger partial charge in [0.1, 0.15) is 12.3 Å². The van der Waals surface area contributed by atoms with E-state index in [2.05, 4.69) is 15.0 Å². The van der Waals surface area contributed by atoms with Crippen molar-refractivity contribution in [3.8, 4) is 11.8 Å². The molecule has 0 bridgehead atoms. The van der Waals surface area contributed by atoms with Crippen LogP contribution in [0.1, 0.15) is 27.4 Å². The lowest BCUT2D eigenvalue weighted by Crippen LogP contribution is -2.35. The second kappa shape index (κ2) is 10.4. The number of aromatic nitrogens is 1. The normalized spacial score (nSPS) is 12.1. The number of nitriles is 1. The number of carbonyl (C=O) groups is 2. The molecule has 1 aromatic heterocycles. The summed E-state index contributed by atoms with van der Waals surface area (Å²) in [6, 6.07) is 8.29. The summed E-state index contributed by atoms with van der Waals surface area (Å²) < 4.78 is 55.3. The van der Waals surface area contributed by atoms with Crippen LogP contribution in [0.2, 0.25) is 0 Å². The lowest BCUT2D eigenvalue weighted by Gasteiger charge is -2.19. The maximum atomic E-state index is 12.9. The van der Waals surface area contributed by atoms with Crippen LogP contribution < -0.4 is 15.8 Å². The number of rotatable bonds is 10. The minimum absolute atomic E-state index is 0.0275. The predicted octanol–water partition coefficient (Wildman–Crippen LogP) is 1.12. The summed E-state index contributed by atoms with van der Waals surface area (Å²) in [6.45, 7) is -3.55. The van der Waals surface area contributed by atoms with Gasteiger partial charge < -0.3 is 15.8 Å². The van der Waals surface area contributed by atoms with Gasteiger partial charge in [0.15, 0.2) is 9.84 Å². The molecule has 31 heavy (non-hydrogen) atoms. The summed E-state index contributed by atoms with van der Waals surface area (Å²) in [7, 11) is -4.10. The molecule has 0 fully saturated rings. The molecule has 9 nitrogen and oxygen atoms in total. The standard InChI is InChI=1S/C19H18F2N4O5S/c20-19(21)30-16-4-2-1-3-12(16)10-31(28,29)11-15(18(27)25-8-6-22)14-9-24-7-5-13(14)17(23)26/h1-5,7,9,15,19H,8,10-11H2,(H2,23,26)(H,25,27)/t15-/m1/s1. The summed E-state index contributed by atoms with van der Waals surface area (Å²) in [5.74, 6) is -4.96.